The molecule has 0 aromatic carbocycles. The average molecular weight is 344 g/mol. The number of amides is 1. The summed E-state index contributed by atoms with van der Waals surface area (Å²) < 4.78 is 11.0. The van der Waals surface area contributed by atoms with E-state index in [0.29, 0.717) is 37.6 Å². The Kier molecular flexibility index (Phi) is 5.03. The number of carbonyl (C=O) groups excluding carboxylic acids is 1. The number of hydrogen-bond acceptors (Lipinski definition) is 6. The Balaban J connectivity index is 1.78. The van der Waals surface area contributed by atoms with Gasteiger partial charge in [0.1, 0.15) is 11.9 Å². The lowest BCUT2D eigenvalue weighted by Crippen LogP contribution is -2.42. The van der Waals surface area contributed by atoms with Crippen LogP contribution in [0.1, 0.15) is 40.7 Å². The normalized spacial score (nSPS) is 17.6. The number of aryl methyl sites for hydroxylation is 2. The summed E-state index contributed by atoms with van der Waals surface area (Å²) in [5, 5.41) is 3.88. The van der Waals surface area contributed by atoms with Crippen molar-refractivity contribution in [2.24, 2.45) is 0 Å². The molecule has 1 atom stereocenters. The van der Waals surface area contributed by atoms with Gasteiger partial charge in [0, 0.05) is 44.5 Å². The van der Waals surface area contributed by atoms with Crippen molar-refractivity contribution >= 4 is 11.6 Å². The summed E-state index contributed by atoms with van der Waals surface area (Å²) in [5.41, 5.74) is 3.19. The molecule has 1 saturated heterocycles. The van der Waals surface area contributed by atoms with Gasteiger partial charge in [-0.25, -0.2) is 0 Å². The van der Waals surface area contributed by atoms with Gasteiger partial charge in [-0.2, -0.15) is 0 Å². The molecule has 0 saturated carbocycles. The first-order valence-corrected chi connectivity index (χ1v) is 8.50. The first-order valence-electron chi connectivity index (χ1n) is 8.50. The molecule has 1 fully saturated rings. The van der Waals surface area contributed by atoms with E-state index in [1.165, 1.54) is 0 Å². The van der Waals surface area contributed by atoms with Crippen molar-refractivity contribution in [1.29, 1.82) is 0 Å². The zero-order chi connectivity index (χ0) is 18.0. The van der Waals surface area contributed by atoms with Crippen LogP contribution in [0.2, 0.25) is 0 Å². The summed E-state index contributed by atoms with van der Waals surface area (Å²) in [6.45, 7) is 5.39. The highest BCUT2D eigenvalue weighted by Crippen LogP contribution is 2.25. The maximum Gasteiger partial charge on any atom is 0.276 e. The molecule has 2 aromatic rings. The lowest BCUT2D eigenvalue weighted by Gasteiger charge is -2.32. The number of hydrogen-bond donors (Lipinski definition) is 0. The van der Waals surface area contributed by atoms with Crippen molar-refractivity contribution in [2.45, 2.75) is 26.4 Å². The van der Waals surface area contributed by atoms with Gasteiger partial charge in [-0.1, -0.05) is 12.1 Å². The largest absolute Gasteiger partial charge is 0.378 e. The Morgan fingerprint density at radius 2 is 2.16 bits per heavy atom. The molecule has 0 bridgehead atoms. The van der Waals surface area contributed by atoms with Crippen molar-refractivity contribution in [1.82, 2.24) is 15.0 Å². The molecular formula is C18H24N4O3. The zero-order valence-electron chi connectivity index (χ0n) is 15.2. The molecule has 0 radical (unpaired) electrons. The minimum absolute atomic E-state index is 0.128. The van der Waals surface area contributed by atoms with Crippen LogP contribution >= 0.6 is 0 Å². The van der Waals surface area contributed by atoms with Crippen molar-refractivity contribution in [3.8, 4) is 0 Å². The van der Waals surface area contributed by atoms with Crippen molar-refractivity contribution in [3.63, 3.8) is 0 Å². The molecule has 25 heavy (non-hydrogen) atoms. The summed E-state index contributed by atoms with van der Waals surface area (Å²) in [5.74, 6) is 0.585. The molecule has 0 N–H and O–H groups in total. The third kappa shape index (κ3) is 3.82. The molecule has 3 rings (SSSR count). The quantitative estimate of drug-likeness (QED) is 0.847. The molecule has 0 aliphatic carbocycles. The second kappa shape index (κ2) is 7.23. The summed E-state index contributed by atoms with van der Waals surface area (Å²) in [6.07, 6.45) is 0.473. The second-order valence-corrected chi connectivity index (χ2v) is 6.43. The monoisotopic (exact) mass is 344 g/mol. The molecule has 7 nitrogen and oxygen atoms in total. The van der Waals surface area contributed by atoms with Crippen molar-refractivity contribution < 1.29 is 14.1 Å². The summed E-state index contributed by atoms with van der Waals surface area (Å²) in [6, 6.07) is 5.75. The van der Waals surface area contributed by atoms with Gasteiger partial charge in [0.05, 0.1) is 18.8 Å². The number of rotatable bonds is 4. The maximum absolute atomic E-state index is 12.7. The minimum Gasteiger partial charge on any atom is -0.378 e. The van der Waals surface area contributed by atoms with Gasteiger partial charge in [-0.05, 0) is 19.1 Å². The van der Waals surface area contributed by atoms with Crippen LogP contribution in [0, 0.1) is 6.92 Å². The standard InChI is InChI=1S/C18H24N4O3/c1-5-14-10-16(20-25-14)18(23)22-6-7-24-17(11-22)15-9-13(21(3)4)8-12(2)19-15/h8-10,17H,5-7,11H2,1-4H3/t17-/m0/s1. The van der Waals surface area contributed by atoms with Crippen LogP contribution in [0.4, 0.5) is 5.69 Å². The predicted molar refractivity (Wildman–Crippen MR) is 93.8 cm³/mol. The van der Waals surface area contributed by atoms with Crippen molar-refractivity contribution in [2.75, 3.05) is 38.7 Å². The highest BCUT2D eigenvalue weighted by Gasteiger charge is 2.29. The van der Waals surface area contributed by atoms with E-state index >= 15 is 0 Å². The lowest BCUT2D eigenvalue weighted by molar-refractivity contribution is -0.0250. The summed E-state index contributed by atoms with van der Waals surface area (Å²) in [4.78, 5) is 21.1. The van der Waals surface area contributed by atoms with Crippen LogP contribution < -0.4 is 4.90 Å². The Morgan fingerprint density at radius 1 is 1.36 bits per heavy atom. The van der Waals surface area contributed by atoms with E-state index in [1.54, 1.807) is 11.0 Å². The fraction of sp³-hybridized carbons (Fsp3) is 0.500. The minimum atomic E-state index is -0.242. The molecule has 3 heterocycles. The van der Waals surface area contributed by atoms with Crippen LogP contribution in [0.25, 0.3) is 0 Å². The van der Waals surface area contributed by atoms with E-state index in [4.69, 9.17) is 9.26 Å². The molecular weight excluding hydrogens is 320 g/mol. The number of morpholine rings is 1. The number of nitrogens with zero attached hydrogens (tertiary/aromatic N) is 4. The van der Waals surface area contributed by atoms with Gasteiger partial charge in [0.25, 0.3) is 5.91 Å². The highest BCUT2D eigenvalue weighted by atomic mass is 16.5. The van der Waals surface area contributed by atoms with E-state index < -0.39 is 0 Å². The molecule has 0 spiro atoms. The molecule has 1 aliphatic heterocycles. The van der Waals surface area contributed by atoms with E-state index in [9.17, 15) is 4.79 Å². The lowest BCUT2D eigenvalue weighted by atomic mass is 10.1. The Labute approximate surface area is 147 Å². The number of anilines is 1. The molecule has 0 unspecified atom stereocenters. The summed E-state index contributed by atoms with van der Waals surface area (Å²) >= 11 is 0. The van der Waals surface area contributed by atoms with E-state index in [2.05, 4.69) is 10.1 Å². The zero-order valence-corrected chi connectivity index (χ0v) is 15.2. The number of pyridine rings is 1. The Bertz CT molecular complexity index is 757. The smallest absolute Gasteiger partial charge is 0.276 e. The molecule has 7 heteroatoms. The average Bonchev–Trinajstić information content (AvgIpc) is 3.10. The van der Waals surface area contributed by atoms with Gasteiger partial charge in [-0.3, -0.25) is 9.78 Å². The van der Waals surface area contributed by atoms with Crippen molar-refractivity contribution in [3.05, 3.63) is 41.0 Å². The van der Waals surface area contributed by atoms with E-state index in [1.807, 2.05) is 45.0 Å². The van der Waals surface area contributed by atoms with Crippen LogP contribution in [0.3, 0.4) is 0 Å². The summed E-state index contributed by atoms with van der Waals surface area (Å²) in [7, 11) is 3.98. The molecule has 134 valence electrons. The molecule has 1 aliphatic rings. The van der Waals surface area contributed by atoms with Crippen LogP contribution in [-0.4, -0.2) is 54.7 Å². The third-order valence-corrected chi connectivity index (χ3v) is 4.28. The van der Waals surface area contributed by atoms with Gasteiger partial charge < -0.3 is 19.1 Å². The highest BCUT2D eigenvalue weighted by molar-refractivity contribution is 5.92. The molecule has 2 aromatic heterocycles. The fourth-order valence-electron chi connectivity index (χ4n) is 2.85. The predicted octanol–water partition coefficient (Wildman–Crippen LogP) is 2.22. The first-order chi connectivity index (χ1) is 12.0. The number of aromatic nitrogens is 2. The number of ether oxygens (including phenoxy) is 1. The number of carbonyl (C=O) groups is 1. The van der Waals surface area contributed by atoms with Gasteiger partial charge in [0.15, 0.2) is 5.69 Å². The Morgan fingerprint density at radius 3 is 2.84 bits per heavy atom. The second-order valence-electron chi connectivity index (χ2n) is 6.43. The van der Waals surface area contributed by atoms with Crippen LogP contribution in [-0.2, 0) is 11.2 Å². The van der Waals surface area contributed by atoms with Crippen LogP contribution in [0.15, 0.2) is 22.7 Å². The van der Waals surface area contributed by atoms with Crippen LogP contribution in [0.5, 0.6) is 0 Å². The van der Waals surface area contributed by atoms with Gasteiger partial charge in [-0.15, -0.1) is 0 Å². The van der Waals surface area contributed by atoms with E-state index in [-0.39, 0.29) is 12.0 Å². The van der Waals surface area contributed by atoms with Gasteiger partial charge >= 0.3 is 0 Å². The first kappa shape index (κ1) is 17.4. The topological polar surface area (TPSA) is 71.7 Å². The van der Waals surface area contributed by atoms with E-state index in [0.717, 1.165) is 17.1 Å². The fourth-order valence-corrected chi connectivity index (χ4v) is 2.85. The Hall–Kier alpha value is -2.41. The maximum atomic E-state index is 12.7. The third-order valence-electron chi connectivity index (χ3n) is 4.28. The van der Waals surface area contributed by atoms with Gasteiger partial charge in [0.2, 0.25) is 0 Å². The molecule has 1 amide bonds. The SMILES string of the molecule is CCc1cc(C(=O)N2CCO[C@H](c3cc(N(C)C)cc(C)n3)C2)no1.